The lowest BCUT2D eigenvalue weighted by Crippen LogP contribution is -2.37. The van der Waals surface area contributed by atoms with Crippen LogP contribution >= 0.6 is 11.3 Å². The fraction of sp³-hybridized carbons (Fsp3) is 0.538. The minimum atomic E-state index is -0.711. The highest BCUT2D eigenvalue weighted by atomic mass is 32.1. The van der Waals surface area contributed by atoms with Gasteiger partial charge in [0.2, 0.25) is 5.69 Å². The molecule has 0 aliphatic heterocycles. The maximum atomic E-state index is 12.2. The summed E-state index contributed by atoms with van der Waals surface area (Å²) >= 11 is 1.44. The van der Waals surface area contributed by atoms with Crippen LogP contribution in [0.1, 0.15) is 37.1 Å². The Hall–Kier alpha value is -1.54. The molecule has 96 valence electrons. The first kappa shape index (κ1) is 12.9. The Morgan fingerprint density at radius 1 is 1.67 bits per heavy atom. The molecule has 5 heteroatoms. The summed E-state index contributed by atoms with van der Waals surface area (Å²) in [6.07, 6.45) is 2.55. The van der Waals surface area contributed by atoms with Crippen molar-refractivity contribution in [2.45, 2.75) is 38.5 Å². The molecular formula is C13H16N2O2S. The Morgan fingerprint density at radius 3 is 3.00 bits per heavy atom. The van der Waals surface area contributed by atoms with E-state index >= 15 is 0 Å². The van der Waals surface area contributed by atoms with Gasteiger partial charge in [-0.25, -0.2) is 4.85 Å². The number of aryl methyl sites for hydroxylation is 1. The summed E-state index contributed by atoms with van der Waals surface area (Å²) in [4.78, 5) is 16.8. The number of fused-ring (bicyclic) bond motifs is 1. The van der Waals surface area contributed by atoms with Crippen LogP contribution in [0.4, 0.5) is 10.7 Å². The van der Waals surface area contributed by atoms with Crippen molar-refractivity contribution in [3.8, 4) is 0 Å². The quantitative estimate of drug-likeness (QED) is 0.660. The number of hydrogen-bond donors (Lipinski definition) is 1. The van der Waals surface area contributed by atoms with Crippen molar-refractivity contribution in [2.24, 2.45) is 0 Å². The normalized spacial score (nSPS) is 22.1. The number of nitrogen functional groups attached to an aromatic ring is 1. The van der Waals surface area contributed by atoms with Crippen LogP contribution in [0.15, 0.2) is 0 Å². The summed E-state index contributed by atoms with van der Waals surface area (Å²) in [7, 11) is 0. The molecule has 0 saturated carbocycles. The number of ether oxygens (including phenoxy) is 1. The molecule has 2 N–H and O–H groups in total. The van der Waals surface area contributed by atoms with Crippen molar-refractivity contribution < 1.29 is 9.53 Å². The van der Waals surface area contributed by atoms with Crippen LogP contribution in [0.5, 0.6) is 0 Å². The summed E-state index contributed by atoms with van der Waals surface area (Å²) in [5.41, 5.74) is 6.43. The second-order valence-electron chi connectivity index (χ2n) is 4.63. The molecule has 1 aromatic rings. The predicted octanol–water partition coefficient (Wildman–Crippen LogP) is 3.04. The molecule has 0 fully saturated rings. The van der Waals surface area contributed by atoms with Crippen LogP contribution in [-0.4, -0.2) is 12.6 Å². The first-order chi connectivity index (χ1) is 8.54. The summed E-state index contributed by atoms with van der Waals surface area (Å²) in [6.45, 7) is 11.3. The van der Waals surface area contributed by atoms with Crippen LogP contribution in [0, 0.1) is 6.57 Å². The molecule has 18 heavy (non-hydrogen) atoms. The zero-order valence-electron chi connectivity index (χ0n) is 10.6. The minimum absolute atomic E-state index is 0.242. The number of nitrogens with two attached hydrogens (primary N) is 1. The predicted molar refractivity (Wildman–Crippen MR) is 71.9 cm³/mol. The van der Waals surface area contributed by atoms with Gasteiger partial charge in [0.15, 0.2) is 0 Å². The molecule has 0 amide bonds. The number of thiophene rings is 1. The summed E-state index contributed by atoms with van der Waals surface area (Å²) < 4.78 is 5.17. The van der Waals surface area contributed by atoms with Gasteiger partial charge in [-0.15, -0.1) is 11.3 Å². The first-order valence-electron chi connectivity index (χ1n) is 6.01. The van der Waals surface area contributed by atoms with E-state index in [1.165, 1.54) is 11.3 Å². The third-order valence-electron chi connectivity index (χ3n) is 3.45. The van der Waals surface area contributed by atoms with Gasteiger partial charge in [-0.1, -0.05) is 0 Å². The Bertz CT molecular complexity index is 530. The monoisotopic (exact) mass is 264 g/mol. The van der Waals surface area contributed by atoms with Crippen molar-refractivity contribution in [3.63, 3.8) is 0 Å². The molecule has 4 nitrogen and oxygen atoms in total. The fourth-order valence-electron chi connectivity index (χ4n) is 2.57. The number of nitrogens with zero attached hydrogens (tertiary/aromatic N) is 1. The lowest BCUT2D eigenvalue weighted by Gasteiger charge is -2.32. The number of rotatable bonds is 2. The highest BCUT2D eigenvalue weighted by Crippen LogP contribution is 2.50. The van der Waals surface area contributed by atoms with Crippen LogP contribution in [0.2, 0.25) is 0 Å². The Balaban J connectivity index is 2.56. The van der Waals surface area contributed by atoms with Gasteiger partial charge in [0.05, 0.1) is 23.6 Å². The largest absolute Gasteiger partial charge is 0.465 e. The Morgan fingerprint density at radius 2 is 2.39 bits per heavy atom. The third kappa shape index (κ3) is 1.77. The molecule has 0 radical (unpaired) electrons. The van der Waals surface area contributed by atoms with Crippen molar-refractivity contribution in [1.82, 2.24) is 0 Å². The summed E-state index contributed by atoms with van der Waals surface area (Å²) in [5.74, 6) is -0.242. The zero-order valence-corrected chi connectivity index (χ0v) is 11.4. The maximum Gasteiger partial charge on any atom is 0.315 e. The highest BCUT2D eigenvalue weighted by molar-refractivity contribution is 7.16. The van der Waals surface area contributed by atoms with E-state index in [1.54, 1.807) is 6.92 Å². The van der Waals surface area contributed by atoms with Gasteiger partial charge in [-0.05, 0) is 43.6 Å². The smallest absolute Gasteiger partial charge is 0.315 e. The number of hydrogen-bond acceptors (Lipinski definition) is 4. The average Bonchev–Trinajstić information content (AvgIpc) is 2.66. The van der Waals surface area contributed by atoms with E-state index in [1.807, 2.05) is 6.92 Å². The Kier molecular flexibility index (Phi) is 3.31. The van der Waals surface area contributed by atoms with Crippen LogP contribution in [0.25, 0.3) is 4.85 Å². The minimum Gasteiger partial charge on any atom is -0.465 e. The van der Waals surface area contributed by atoms with Gasteiger partial charge >= 0.3 is 5.97 Å². The molecule has 1 aliphatic carbocycles. The van der Waals surface area contributed by atoms with E-state index < -0.39 is 5.41 Å². The van der Waals surface area contributed by atoms with E-state index in [0.717, 1.165) is 29.7 Å². The molecule has 0 saturated heterocycles. The first-order valence-corrected chi connectivity index (χ1v) is 6.82. The molecule has 0 aromatic carbocycles. The van der Waals surface area contributed by atoms with Gasteiger partial charge in [0.1, 0.15) is 0 Å². The molecule has 1 aromatic heterocycles. The second-order valence-corrected chi connectivity index (χ2v) is 5.77. The van der Waals surface area contributed by atoms with Gasteiger partial charge in [0, 0.05) is 0 Å². The number of carbonyl (C=O) groups is 1. The summed E-state index contributed by atoms with van der Waals surface area (Å²) in [6, 6.07) is 0. The number of carbonyl (C=O) groups excluding carboxylic acids is 1. The van der Waals surface area contributed by atoms with Crippen molar-refractivity contribution in [3.05, 3.63) is 21.9 Å². The molecular weight excluding hydrogens is 248 g/mol. The van der Waals surface area contributed by atoms with Crippen LogP contribution in [-0.2, 0) is 21.4 Å². The third-order valence-corrected chi connectivity index (χ3v) is 4.52. The molecule has 0 bridgehead atoms. The molecule has 2 rings (SSSR count). The van der Waals surface area contributed by atoms with Crippen LogP contribution < -0.4 is 5.73 Å². The van der Waals surface area contributed by atoms with Gasteiger partial charge < -0.3 is 10.5 Å². The number of anilines is 1. The van der Waals surface area contributed by atoms with E-state index in [0.29, 0.717) is 17.3 Å². The van der Waals surface area contributed by atoms with E-state index in [9.17, 15) is 4.79 Å². The zero-order chi connectivity index (χ0) is 13.3. The molecule has 0 spiro atoms. The van der Waals surface area contributed by atoms with E-state index in [-0.39, 0.29) is 5.97 Å². The fourth-order valence-corrected chi connectivity index (χ4v) is 3.75. The van der Waals surface area contributed by atoms with Crippen molar-refractivity contribution in [1.29, 1.82) is 0 Å². The van der Waals surface area contributed by atoms with Crippen molar-refractivity contribution in [2.75, 3.05) is 12.3 Å². The van der Waals surface area contributed by atoms with E-state index in [2.05, 4.69) is 4.85 Å². The average molecular weight is 264 g/mol. The van der Waals surface area contributed by atoms with Crippen LogP contribution in [0.3, 0.4) is 0 Å². The van der Waals surface area contributed by atoms with Crippen molar-refractivity contribution >= 4 is 28.0 Å². The molecule has 1 heterocycles. The summed E-state index contributed by atoms with van der Waals surface area (Å²) in [5, 5.41) is 0.521. The highest BCUT2D eigenvalue weighted by Gasteiger charge is 2.43. The maximum absolute atomic E-state index is 12.2. The molecule has 1 aliphatic rings. The standard InChI is InChI=1S/C13H16N2O2S/c1-4-17-12(16)13(2)7-5-6-8-9(13)10(15-3)11(14)18-8/h4-7,14H2,1-2H3. The topological polar surface area (TPSA) is 56.7 Å². The number of esters is 1. The second kappa shape index (κ2) is 4.62. The molecule has 1 unspecified atom stereocenters. The van der Waals surface area contributed by atoms with Gasteiger partial charge in [-0.3, -0.25) is 4.79 Å². The SMILES string of the molecule is [C-]#[N+]c1c(N)sc2c1C(C)(C(=O)OCC)CCC2. The molecule has 1 atom stereocenters. The van der Waals surface area contributed by atoms with Gasteiger partial charge in [-0.2, -0.15) is 0 Å². The van der Waals surface area contributed by atoms with Gasteiger partial charge in [0.25, 0.3) is 0 Å². The van der Waals surface area contributed by atoms with E-state index in [4.69, 9.17) is 17.0 Å². The Labute approximate surface area is 111 Å². The lowest BCUT2D eigenvalue weighted by molar-refractivity contribution is -0.150. The lowest BCUT2D eigenvalue weighted by atomic mass is 9.73.